The third-order valence-electron chi connectivity index (χ3n) is 3.69. The van der Waals surface area contributed by atoms with Gasteiger partial charge in [-0.25, -0.2) is 0 Å². The van der Waals surface area contributed by atoms with Gasteiger partial charge in [-0.05, 0) is 55.5 Å². The van der Waals surface area contributed by atoms with E-state index in [0.717, 1.165) is 5.69 Å². The number of hydrogen-bond acceptors (Lipinski definition) is 1. The van der Waals surface area contributed by atoms with Gasteiger partial charge in [-0.1, -0.05) is 43.0 Å². The number of carbonyl (C=O) groups excluding carboxylic acids is 1. The Kier molecular flexibility index (Phi) is 7.25. The molecule has 3 aromatic rings. The summed E-state index contributed by atoms with van der Waals surface area (Å²) in [5.74, 6) is -0.155. The van der Waals surface area contributed by atoms with E-state index in [0.29, 0.717) is 5.57 Å². The van der Waals surface area contributed by atoms with E-state index >= 15 is 0 Å². The van der Waals surface area contributed by atoms with Gasteiger partial charge in [-0.2, -0.15) is 0 Å². The molecule has 0 aromatic heterocycles. The number of anilines is 1. The molecule has 0 aliphatic rings. The summed E-state index contributed by atoms with van der Waals surface area (Å²) in [6.45, 7) is 5.37. The van der Waals surface area contributed by atoms with Crippen LogP contribution in [0.15, 0.2) is 112 Å². The van der Waals surface area contributed by atoms with Crippen molar-refractivity contribution in [1.82, 2.24) is 0 Å². The monoisotopic (exact) mass is 425 g/mol. The number of nitrogens with one attached hydrogen (secondary N) is 1. The van der Waals surface area contributed by atoms with Crippen LogP contribution in [0.25, 0.3) is 0 Å². The quantitative estimate of drug-likeness (QED) is 0.493. The second-order valence-electron chi connectivity index (χ2n) is 5.69. The summed E-state index contributed by atoms with van der Waals surface area (Å²) in [7, 11) is -0.175. The highest BCUT2D eigenvalue weighted by Gasteiger charge is 2.28. The Morgan fingerprint density at radius 2 is 1.19 bits per heavy atom. The number of halogens is 1. The van der Waals surface area contributed by atoms with E-state index in [1.165, 1.54) is 14.7 Å². The van der Waals surface area contributed by atoms with Crippen molar-refractivity contribution in [3.05, 3.63) is 97.1 Å². The van der Waals surface area contributed by atoms with Crippen molar-refractivity contribution in [2.24, 2.45) is 0 Å². The fourth-order valence-electron chi connectivity index (χ4n) is 2.43. The van der Waals surface area contributed by atoms with Gasteiger partial charge in [0.15, 0.2) is 14.7 Å². The highest BCUT2D eigenvalue weighted by molar-refractivity contribution is 7.97. The molecule has 1 amide bonds. The van der Waals surface area contributed by atoms with E-state index in [9.17, 15) is 4.79 Å². The van der Waals surface area contributed by atoms with Gasteiger partial charge in [0.25, 0.3) is 5.91 Å². The molecule has 0 unspecified atom stereocenters. The van der Waals surface area contributed by atoms with Gasteiger partial charge in [0, 0.05) is 11.3 Å². The Morgan fingerprint density at radius 3 is 1.62 bits per heavy atom. The highest BCUT2D eigenvalue weighted by Crippen LogP contribution is 2.31. The normalized spacial score (nSPS) is 10.1. The predicted molar refractivity (Wildman–Crippen MR) is 105 cm³/mol. The van der Waals surface area contributed by atoms with Crippen LogP contribution in [0.5, 0.6) is 0 Å². The lowest BCUT2D eigenvalue weighted by Gasteiger charge is -2.09. The molecule has 4 heteroatoms. The van der Waals surface area contributed by atoms with Crippen LogP contribution in [0.3, 0.4) is 0 Å². The van der Waals surface area contributed by atoms with Crippen molar-refractivity contribution in [1.29, 1.82) is 0 Å². The maximum Gasteiger partial charge on any atom is 0.250 e. The first-order chi connectivity index (χ1) is 12.1. The molecule has 0 radical (unpaired) electrons. The summed E-state index contributed by atoms with van der Waals surface area (Å²) >= 11 is 0. The van der Waals surface area contributed by atoms with Gasteiger partial charge in [0.1, 0.15) is 0 Å². The molecule has 0 aliphatic heterocycles. The number of hydrogen-bond donors (Lipinski definition) is 1. The average Bonchev–Trinajstić information content (AvgIpc) is 2.65. The van der Waals surface area contributed by atoms with Gasteiger partial charge in [0.2, 0.25) is 0 Å². The first kappa shape index (κ1) is 20.0. The molecule has 0 saturated heterocycles. The summed E-state index contributed by atoms with van der Waals surface area (Å²) in [5, 5.41) is 2.85. The fraction of sp³-hybridized carbons (Fsp3) is 0.0455. The minimum atomic E-state index is -0.175. The minimum absolute atomic E-state index is 0. The Balaban J connectivity index is 0.00000243. The van der Waals surface area contributed by atoms with Crippen molar-refractivity contribution in [3.8, 4) is 0 Å². The van der Waals surface area contributed by atoms with Crippen molar-refractivity contribution < 1.29 is 21.8 Å². The smallest absolute Gasteiger partial charge is 0.250 e. The zero-order valence-electron chi connectivity index (χ0n) is 14.5. The molecule has 0 heterocycles. The molecular weight excluding hydrogens is 406 g/mol. The molecular formula is C22H20BrNOS. The molecule has 2 nitrogen and oxygen atoms in total. The lowest BCUT2D eigenvalue weighted by Crippen LogP contribution is -3.00. The second-order valence-corrected chi connectivity index (χ2v) is 7.72. The third-order valence-corrected chi connectivity index (χ3v) is 5.92. The molecule has 0 saturated carbocycles. The van der Waals surface area contributed by atoms with Crippen LogP contribution in [0.4, 0.5) is 5.69 Å². The lowest BCUT2D eigenvalue weighted by molar-refractivity contribution is -0.112. The predicted octanol–water partition coefficient (Wildman–Crippen LogP) is 2.30. The average molecular weight is 426 g/mol. The van der Waals surface area contributed by atoms with E-state index < -0.39 is 0 Å². The molecule has 0 bridgehead atoms. The molecule has 0 fully saturated rings. The Morgan fingerprint density at radius 1 is 0.769 bits per heavy atom. The highest BCUT2D eigenvalue weighted by atomic mass is 79.9. The summed E-state index contributed by atoms with van der Waals surface area (Å²) < 4.78 is 0. The maximum absolute atomic E-state index is 11.8. The minimum Gasteiger partial charge on any atom is -1.00 e. The number of carbonyl (C=O) groups is 1. The fourth-order valence-corrected chi connectivity index (χ4v) is 4.52. The van der Waals surface area contributed by atoms with Crippen molar-refractivity contribution in [3.63, 3.8) is 0 Å². The second kappa shape index (κ2) is 9.41. The van der Waals surface area contributed by atoms with Crippen LogP contribution in [0.2, 0.25) is 0 Å². The maximum atomic E-state index is 11.8. The van der Waals surface area contributed by atoms with E-state index in [1.54, 1.807) is 6.92 Å². The Labute approximate surface area is 168 Å². The van der Waals surface area contributed by atoms with Crippen LogP contribution < -0.4 is 22.3 Å². The van der Waals surface area contributed by atoms with Gasteiger partial charge < -0.3 is 22.3 Å². The molecule has 1 N–H and O–H groups in total. The van der Waals surface area contributed by atoms with Crippen molar-refractivity contribution in [2.75, 3.05) is 5.32 Å². The summed E-state index contributed by atoms with van der Waals surface area (Å²) in [6, 6.07) is 29.0. The van der Waals surface area contributed by atoms with Gasteiger partial charge in [0.05, 0.1) is 10.9 Å². The molecule has 3 rings (SSSR count). The van der Waals surface area contributed by atoms with Crippen LogP contribution in [0, 0.1) is 0 Å². The van der Waals surface area contributed by atoms with Crippen LogP contribution in [-0.4, -0.2) is 5.91 Å². The zero-order chi connectivity index (χ0) is 17.6. The number of rotatable bonds is 5. The topological polar surface area (TPSA) is 29.1 Å². The van der Waals surface area contributed by atoms with Crippen LogP contribution in [0.1, 0.15) is 6.92 Å². The zero-order valence-corrected chi connectivity index (χ0v) is 16.9. The summed E-state index contributed by atoms with van der Waals surface area (Å²) in [6.07, 6.45) is 0. The molecule has 3 aromatic carbocycles. The van der Waals surface area contributed by atoms with Crippen LogP contribution >= 0.6 is 0 Å². The Bertz CT molecular complexity index is 824. The van der Waals surface area contributed by atoms with Gasteiger partial charge in [-0.3, -0.25) is 4.79 Å². The van der Waals surface area contributed by atoms with E-state index in [1.807, 2.05) is 24.3 Å². The van der Waals surface area contributed by atoms with Crippen LogP contribution in [-0.2, 0) is 15.7 Å². The van der Waals surface area contributed by atoms with Crippen molar-refractivity contribution in [2.45, 2.75) is 21.6 Å². The molecule has 0 spiro atoms. The van der Waals surface area contributed by atoms with E-state index in [4.69, 9.17) is 0 Å². The molecule has 132 valence electrons. The first-order valence-electron chi connectivity index (χ1n) is 8.06. The molecule has 26 heavy (non-hydrogen) atoms. The van der Waals surface area contributed by atoms with E-state index in [2.05, 4.69) is 72.6 Å². The summed E-state index contributed by atoms with van der Waals surface area (Å²) in [5.41, 5.74) is 1.28. The van der Waals surface area contributed by atoms with Crippen molar-refractivity contribution >= 4 is 22.5 Å². The SMILES string of the molecule is C=C(C)C(=O)Nc1ccc([S+](c2ccccc2)c2ccccc2)cc1.[Br-]. The van der Waals surface area contributed by atoms with E-state index in [-0.39, 0.29) is 33.8 Å². The number of benzene rings is 3. The first-order valence-corrected chi connectivity index (χ1v) is 9.29. The van der Waals surface area contributed by atoms with Gasteiger partial charge >= 0.3 is 0 Å². The largest absolute Gasteiger partial charge is 1.00 e. The summed E-state index contributed by atoms with van der Waals surface area (Å²) in [4.78, 5) is 15.5. The molecule has 0 aliphatic carbocycles. The third kappa shape index (κ3) is 4.87. The Hall–Kier alpha value is -2.30. The standard InChI is InChI=1S/C22H19NOS.BrH/c1-17(2)22(24)23-18-13-15-21(16-14-18)25(19-9-5-3-6-10-19)20-11-7-4-8-12-20;/h3-16H,1H2,2H3;1H. The molecule has 0 atom stereocenters. The van der Waals surface area contributed by atoms with Gasteiger partial charge in [-0.15, -0.1) is 0 Å². The lowest BCUT2D eigenvalue weighted by atomic mass is 10.3. The number of amides is 1.